The first-order chi connectivity index (χ1) is 7.56. The molecular formula is C9H5BrF2N2O2. The molecule has 1 aromatic carbocycles. The topological polar surface area (TPSA) is 58.9 Å². The van der Waals surface area contributed by atoms with Crippen molar-refractivity contribution in [2.24, 2.45) is 0 Å². The lowest BCUT2D eigenvalue weighted by atomic mass is 10.1. The maximum Gasteiger partial charge on any atom is 0.438 e. The molecule has 1 N–H and O–H groups in total. The summed E-state index contributed by atoms with van der Waals surface area (Å²) >= 11 is 2.96. The Morgan fingerprint density at radius 1 is 1.38 bits per heavy atom. The molecule has 16 heavy (non-hydrogen) atoms. The van der Waals surface area contributed by atoms with Crippen molar-refractivity contribution in [2.45, 2.75) is 6.42 Å². The predicted octanol–water partition coefficient (Wildman–Crippen LogP) is 1.99. The number of hydrogen-bond donors (Lipinski definition) is 1. The zero-order valence-electron chi connectivity index (χ0n) is 7.76. The van der Waals surface area contributed by atoms with Crippen LogP contribution in [0.3, 0.4) is 0 Å². The fourth-order valence-electron chi connectivity index (χ4n) is 1.24. The molecule has 0 saturated heterocycles. The van der Waals surface area contributed by atoms with Gasteiger partial charge in [-0.1, -0.05) is 21.1 Å². The molecule has 0 amide bonds. The van der Waals surface area contributed by atoms with Gasteiger partial charge in [0.1, 0.15) is 11.6 Å². The molecule has 0 unspecified atom stereocenters. The van der Waals surface area contributed by atoms with Crippen molar-refractivity contribution in [1.29, 1.82) is 0 Å². The van der Waals surface area contributed by atoms with E-state index >= 15 is 0 Å². The zero-order chi connectivity index (χ0) is 11.7. The lowest BCUT2D eigenvalue weighted by molar-refractivity contribution is 0.381. The predicted molar refractivity (Wildman–Crippen MR) is 54.0 cm³/mol. The summed E-state index contributed by atoms with van der Waals surface area (Å²) < 4.78 is 31.3. The van der Waals surface area contributed by atoms with Crippen LogP contribution in [0.2, 0.25) is 0 Å². The minimum Gasteiger partial charge on any atom is -0.296 e. The summed E-state index contributed by atoms with van der Waals surface area (Å²) in [7, 11) is 0. The average Bonchev–Trinajstić information content (AvgIpc) is 2.58. The normalized spacial score (nSPS) is 10.7. The fraction of sp³-hybridized carbons (Fsp3) is 0.111. The molecule has 0 aliphatic carbocycles. The average molecular weight is 291 g/mol. The van der Waals surface area contributed by atoms with Crippen LogP contribution in [-0.4, -0.2) is 10.1 Å². The molecule has 0 spiro atoms. The van der Waals surface area contributed by atoms with Gasteiger partial charge in [0.25, 0.3) is 0 Å². The van der Waals surface area contributed by atoms with E-state index in [1.54, 1.807) is 0 Å². The van der Waals surface area contributed by atoms with Gasteiger partial charge >= 0.3 is 5.76 Å². The summed E-state index contributed by atoms with van der Waals surface area (Å²) in [5.41, 5.74) is -0.173. The molecule has 84 valence electrons. The van der Waals surface area contributed by atoms with Crippen LogP contribution >= 0.6 is 15.9 Å². The summed E-state index contributed by atoms with van der Waals surface area (Å²) in [4.78, 5) is 12.8. The third-order valence-electron chi connectivity index (χ3n) is 1.94. The van der Waals surface area contributed by atoms with Gasteiger partial charge in [-0.2, -0.15) is 0 Å². The van der Waals surface area contributed by atoms with Crippen LogP contribution in [-0.2, 0) is 6.42 Å². The number of hydrogen-bond acceptors (Lipinski definition) is 3. The Balaban J connectivity index is 2.38. The fourth-order valence-corrected chi connectivity index (χ4v) is 1.65. The number of H-pyrrole nitrogens is 1. The largest absolute Gasteiger partial charge is 0.438 e. The van der Waals surface area contributed by atoms with E-state index in [0.29, 0.717) is 4.47 Å². The summed E-state index contributed by atoms with van der Waals surface area (Å²) in [5, 5.41) is 3.33. The SMILES string of the molecule is O=c1[nH]c(Cc2c(F)cc(Br)cc2F)no1. The van der Waals surface area contributed by atoms with Gasteiger partial charge in [-0.3, -0.25) is 9.51 Å². The van der Waals surface area contributed by atoms with Crippen molar-refractivity contribution in [3.05, 3.63) is 50.2 Å². The highest BCUT2D eigenvalue weighted by molar-refractivity contribution is 9.10. The number of rotatable bonds is 2. The van der Waals surface area contributed by atoms with Gasteiger partial charge < -0.3 is 0 Å². The molecule has 0 bridgehead atoms. The first kappa shape index (κ1) is 11.0. The number of halogens is 3. The Bertz CT molecular complexity index is 556. The molecule has 0 atom stereocenters. The van der Waals surface area contributed by atoms with Gasteiger partial charge in [-0.15, -0.1) is 0 Å². The number of aromatic nitrogens is 2. The molecule has 1 heterocycles. The molecule has 2 rings (SSSR count). The van der Waals surface area contributed by atoms with Gasteiger partial charge in [0.05, 0.1) is 0 Å². The van der Waals surface area contributed by atoms with Gasteiger partial charge in [0, 0.05) is 16.5 Å². The van der Waals surface area contributed by atoms with E-state index in [0.717, 1.165) is 12.1 Å². The minimum atomic E-state index is -0.757. The highest BCUT2D eigenvalue weighted by atomic mass is 79.9. The Morgan fingerprint density at radius 2 is 2.00 bits per heavy atom. The number of nitrogens with zero attached hydrogens (tertiary/aromatic N) is 1. The standard InChI is InChI=1S/C9H5BrF2N2O2/c10-4-1-6(11)5(7(12)2-4)3-8-13-9(15)16-14-8/h1-2H,3H2,(H,13,14,15). The van der Waals surface area contributed by atoms with Crippen molar-refractivity contribution in [3.8, 4) is 0 Å². The van der Waals surface area contributed by atoms with Crippen molar-refractivity contribution in [1.82, 2.24) is 10.1 Å². The molecule has 0 aliphatic rings. The molecule has 0 saturated carbocycles. The van der Waals surface area contributed by atoms with Crippen molar-refractivity contribution < 1.29 is 13.3 Å². The van der Waals surface area contributed by atoms with Gasteiger partial charge in [0.15, 0.2) is 5.82 Å². The Kier molecular flexibility index (Phi) is 2.86. The Labute approximate surface area is 96.4 Å². The second-order valence-corrected chi connectivity index (χ2v) is 3.98. The second kappa shape index (κ2) is 4.17. The summed E-state index contributed by atoms with van der Waals surface area (Å²) in [6, 6.07) is 2.27. The number of benzene rings is 1. The monoisotopic (exact) mass is 290 g/mol. The smallest absolute Gasteiger partial charge is 0.296 e. The van der Waals surface area contributed by atoms with Crippen molar-refractivity contribution >= 4 is 15.9 Å². The quantitative estimate of drug-likeness (QED) is 0.920. The van der Waals surface area contributed by atoms with Gasteiger partial charge in [-0.05, 0) is 12.1 Å². The lowest BCUT2D eigenvalue weighted by Crippen LogP contribution is -2.01. The third kappa shape index (κ3) is 2.19. The van der Waals surface area contributed by atoms with E-state index in [-0.39, 0.29) is 17.8 Å². The van der Waals surface area contributed by atoms with E-state index in [1.807, 2.05) is 0 Å². The van der Waals surface area contributed by atoms with E-state index in [4.69, 9.17) is 0 Å². The molecule has 2 aromatic rings. The van der Waals surface area contributed by atoms with E-state index < -0.39 is 17.4 Å². The number of aromatic amines is 1. The van der Waals surface area contributed by atoms with Crippen LogP contribution in [0.15, 0.2) is 25.9 Å². The number of nitrogens with one attached hydrogen (secondary N) is 1. The molecule has 0 radical (unpaired) electrons. The molecule has 0 aliphatic heterocycles. The highest BCUT2D eigenvalue weighted by Crippen LogP contribution is 2.20. The molecular weight excluding hydrogens is 286 g/mol. The third-order valence-corrected chi connectivity index (χ3v) is 2.39. The molecule has 4 nitrogen and oxygen atoms in total. The first-order valence-corrected chi connectivity index (χ1v) is 5.04. The van der Waals surface area contributed by atoms with Crippen LogP contribution < -0.4 is 5.76 Å². The van der Waals surface area contributed by atoms with Gasteiger partial charge in [-0.25, -0.2) is 13.6 Å². The zero-order valence-corrected chi connectivity index (χ0v) is 9.35. The van der Waals surface area contributed by atoms with Crippen molar-refractivity contribution in [3.63, 3.8) is 0 Å². The van der Waals surface area contributed by atoms with Crippen LogP contribution in [0.4, 0.5) is 8.78 Å². The molecule has 7 heteroatoms. The maximum absolute atomic E-state index is 13.4. The van der Waals surface area contributed by atoms with E-state index in [9.17, 15) is 13.6 Å². The lowest BCUT2D eigenvalue weighted by Gasteiger charge is -2.02. The van der Waals surface area contributed by atoms with Crippen LogP contribution in [0.1, 0.15) is 11.4 Å². The Hall–Kier alpha value is -1.50. The Morgan fingerprint density at radius 3 is 2.50 bits per heavy atom. The van der Waals surface area contributed by atoms with Crippen LogP contribution in [0, 0.1) is 11.6 Å². The maximum atomic E-state index is 13.4. The highest BCUT2D eigenvalue weighted by Gasteiger charge is 2.13. The van der Waals surface area contributed by atoms with Crippen LogP contribution in [0.25, 0.3) is 0 Å². The second-order valence-electron chi connectivity index (χ2n) is 3.07. The summed E-state index contributed by atoms with van der Waals surface area (Å²) in [5.74, 6) is -2.11. The summed E-state index contributed by atoms with van der Waals surface area (Å²) in [6.07, 6.45) is -0.170. The molecule has 0 fully saturated rings. The molecule has 1 aromatic heterocycles. The van der Waals surface area contributed by atoms with Gasteiger partial charge in [0.2, 0.25) is 0 Å². The minimum absolute atomic E-state index is 0.0742. The first-order valence-electron chi connectivity index (χ1n) is 4.24. The van der Waals surface area contributed by atoms with Crippen LogP contribution in [0.5, 0.6) is 0 Å². The van der Waals surface area contributed by atoms with E-state index in [1.165, 1.54) is 0 Å². The summed E-state index contributed by atoms with van der Waals surface area (Å²) in [6.45, 7) is 0. The van der Waals surface area contributed by atoms with E-state index in [2.05, 4.69) is 30.6 Å². The van der Waals surface area contributed by atoms with Crippen molar-refractivity contribution in [2.75, 3.05) is 0 Å².